The lowest BCUT2D eigenvalue weighted by molar-refractivity contribution is -0.132. The molecule has 0 aliphatic carbocycles. The normalized spacial score (nSPS) is 14.4. The van der Waals surface area contributed by atoms with Crippen LogP contribution in [0.4, 0.5) is 0 Å². The molecule has 1 aliphatic heterocycles. The van der Waals surface area contributed by atoms with Crippen molar-refractivity contribution in [2.45, 2.75) is 44.8 Å². The van der Waals surface area contributed by atoms with E-state index in [4.69, 9.17) is 4.42 Å². The number of carbonyl (C=O) groups is 1. The Kier molecular flexibility index (Phi) is 6.64. The average molecular weight is 511 g/mol. The molecule has 194 valence electrons. The van der Waals surface area contributed by atoms with Crippen LogP contribution in [-0.4, -0.2) is 47.6 Å². The van der Waals surface area contributed by atoms with Crippen molar-refractivity contribution in [3.63, 3.8) is 0 Å². The van der Waals surface area contributed by atoms with E-state index in [9.17, 15) is 9.59 Å². The number of hydrogen-bond donors (Lipinski definition) is 0. The zero-order valence-electron chi connectivity index (χ0n) is 21.1. The van der Waals surface area contributed by atoms with E-state index in [1.54, 1.807) is 10.6 Å². The van der Waals surface area contributed by atoms with Gasteiger partial charge in [-0.25, -0.2) is 14.8 Å². The number of hydrogen-bond acceptors (Lipinski definition) is 5. The van der Waals surface area contributed by atoms with Crippen molar-refractivity contribution in [3.8, 4) is 0 Å². The maximum atomic E-state index is 12.9. The Balaban J connectivity index is 1.06. The van der Waals surface area contributed by atoms with Crippen molar-refractivity contribution in [2.75, 3.05) is 13.1 Å². The van der Waals surface area contributed by atoms with Gasteiger partial charge in [0.2, 0.25) is 5.91 Å². The molecule has 0 radical (unpaired) electrons. The summed E-state index contributed by atoms with van der Waals surface area (Å²) in [5.74, 6) is 1.96. The van der Waals surface area contributed by atoms with Crippen LogP contribution in [0.3, 0.4) is 0 Å². The van der Waals surface area contributed by atoms with Crippen LogP contribution in [-0.2, 0) is 24.4 Å². The summed E-state index contributed by atoms with van der Waals surface area (Å²) in [5.41, 5.74) is 2.50. The number of piperidine rings is 1. The lowest BCUT2D eigenvalue weighted by Gasteiger charge is -2.32. The number of fused-ring (bicyclic) bond motifs is 1. The van der Waals surface area contributed by atoms with Gasteiger partial charge in [-0.15, -0.1) is 0 Å². The fraction of sp³-hybridized carbons (Fsp3) is 0.310. The Morgan fingerprint density at radius 3 is 2.47 bits per heavy atom. The van der Waals surface area contributed by atoms with Crippen molar-refractivity contribution in [1.29, 1.82) is 0 Å². The first-order chi connectivity index (χ1) is 18.7. The third-order valence-corrected chi connectivity index (χ3v) is 7.39. The quantitative estimate of drug-likeness (QED) is 0.316. The second-order valence-electron chi connectivity index (χ2n) is 9.76. The van der Waals surface area contributed by atoms with E-state index in [1.807, 2.05) is 54.0 Å². The Morgan fingerprint density at radius 1 is 0.895 bits per heavy atom. The summed E-state index contributed by atoms with van der Waals surface area (Å²) in [4.78, 5) is 36.4. The maximum absolute atomic E-state index is 12.9. The van der Waals surface area contributed by atoms with Gasteiger partial charge in [0.1, 0.15) is 11.6 Å². The molecule has 0 saturated carbocycles. The molecule has 1 saturated heterocycles. The lowest BCUT2D eigenvalue weighted by atomic mass is 9.95. The summed E-state index contributed by atoms with van der Waals surface area (Å²) < 4.78 is 11.2. The van der Waals surface area contributed by atoms with Crippen LogP contribution in [0, 0.1) is 0 Å². The van der Waals surface area contributed by atoms with Crippen LogP contribution in [0.15, 0.2) is 88.6 Å². The molecule has 0 atom stereocenters. The second-order valence-corrected chi connectivity index (χ2v) is 9.76. The summed E-state index contributed by atoms with van der Waals surface area (Å²) in [6.45, 7) is 3.11. The van der Waals surface area contributed by atoms with Gasteiger partial charge in [-0.2, -0.15) is 0 Å². The summed E-state index contributed by atoms with van der Waals surface area (Å²) in [5, 5.41) is 0. The SMILES string of the molecule is O=C(CCn1c(=O)oc2ccccc21)N1CCC(c2nccn2Cc2nccn2Cc2ccccc2)CC1. The van der Waals surface area contributed by atoms with E-state index in [2.05, 4.69) is 43.4 Å². The summed E-state index contributed by atoms with van der Waals surface area (Å²) in [7, 11) is 0. The molecule has 9 heteroatoms. The minimum atomic E-state index is -0.422. The van der Waals surface area contributed by atoms with E-state index >= 15 is 0 Å². The van der Waals surface area contributed by atoms with Crippen molar-refractivity contribution < 1.29 is 9.21 Å². The summed E-state index contributed by atoms with van der Waals surface area (Å²) in [6.07, 6.45) is 9.72. The molecular formula is C29H30N6O3. The number of aryl methyl sites for hydroxylation is 1. The zero-order valence-corrected chi connectivity index (χ0v) is 21.1. The number of aromatic nitrogens is 5. The molecule has 9 nitrogen and oxygen atoms in total. The third-order valence-electron chi connectivity index (χ3n) is 7.39. The molecular weight excluding hydrogens is 480 g/mol. The highest BCUT2D eigenvalue weighted by Crippen LogP contribution is 2.28. The Bertz CT molecular complexity index is 1590. The smallest absolute Gasteiger partial charge is 0.408 e. The molecule has 1 aliphatic rings. The number of nitrogens with zero attached hydrogens (tertiary/aromatic N) is 6. The standard InChI is InChI=1S/C29H30N6O3/c36-27(12-17-35-24-8-4-5-9-25(24)38-29(35)37)32-15-10-23(11-16-32)28-31-14-19-34(28)21-26-30-13-18-33(26)20-22-6-2-1-3-7-22/h1-9,13-14,18-19,23H,10-12,15-17,20-21H2. The van der Waals surface area contributed by atoms with Crippen molar-refractivity contribution in [1.82, 2.24) is 28.6 Å². The van der Waals surface area contributed by atoms with E-state index in [-0.39, 0.29) is 18.2 Å². The molecule has 0 bridgehead atoms. The van der Waals surface area contributed by atoms with Crippen LogP contribution >= 0.6 is 0 Å². The Morgan fingerprint density at radius 2 is 1.63 bits per heavy atom. The lowest BCUT2D eigenvalue weighted by Crippen LogP contribution is -2.39. The van der Waals surface area contributed by atoms with Gasteiger partial charge >= 0.3 is 5.76 Å². The van der Waals surface area contributed by atoms with Crippen LogP contribution in [0.5, 0.6) is 0 Å². The molecule has 1 amide bonds. The number of likely N-dealkylation sites (tertiary alicyclic amines) is 1. The number of amides is 1. The first-order valence-corrected chi connectivity index (χ1v) is 13.1. The highest BCUT2D eigenvalue weighted by molar-refractivity contribution is 5.77. The number of imidazole rings is 2. The van der Waals surface area contributed by atoms with E-state index < -0.39 is 5.76 Å². The van der Waals surface area contributed by atoms with Gasteiger partial charge < -0.3 is 18.5 Å². The maximum Gasteiger partial charge on any atom is 0.419 e. The molecule has 3 aromatic heterocycles. The Hall–Kier alpha value is -4.40. The summed E-state index contributed by atoms with van der Waals surface area (Å²) >= 11 is 0. The third kappa shape index (κ3) is 4.91. The number of para-hydroxylation sites is 2. The number of benzene rings is 2. The molecule has 0 N–H and O–H groups in total. The molecule has 5 aromatic rings. The van der Waals surface area contributed by atoms with Gasteiger partial charge in [-0.05, 0) is 30.5 Å². The number of oxazole rings is 1. The van der Waals surface area contributed by atoms with Crippen molar-refractivity contribution in [2.24, 2.45) is 0 Å². The number of carbonyl (C=O) groups excluding carboxylic acids is 1. The highest BCUT2D eigenvalue weighted by Gasteiger charge is 2.27. The van der Waals surface area contributed by atoms with Crippen LogP contribution in [0.2, 0.25) is 0 Å². The van der Waals surface area contributed by atoms with Gasteiger partial charge in [0.15, 0.2) is 5.58 Å². The minimum Gasteiger partial charge on any atom is -0.408 e. The fourth-order valence-electron chi connectivity index (χ4n) is 5.36. The first-order valence-electron chi connectivity index (χ1n) is 13.1. The van der Waals surface area contributed by atoms with E-state index in [1.165, 1.54) is 5.56 Å². The molecule has 4 heterocycles. The first kappa shape index (κ1) is 24.0. The van der Waals surface area contributed by atoms with Gasteiger partial charge in [0.05, 0.1) is 12.1 Å². The average Bonchev–Trinajstić information content (AvgIpc) is 3.67. The number of rotatable bonds is 8. The van der Waals surface area contributed by atoms with Crippen LogP contribution in [0.25, 0.3) is 11.1 Å². The molecule has 0 unspecified atom stereocenters. The van der Waals surface area contributed by atoms with E-state index in [0.29, 0.717) is 31.8 Å². The van der Waals surface area contributed by atoms with Gasteiger partial charge in [-0.3, -0.25) is 9.36 Å². The van der Waals surface area contributed by atoms with E-state index in [0.717, 1.165) is 36.6 Å². The van der Waals surface area contributed by atoms with Crippen LogP contribution < -0.4 is 5.76 Å². The monoisotopic (exact) mass is 510 g/mol. The predicted octanol–water partition coefficient (Wildman–Crippen LogP) is 3.88. The largest absolute Gasteiger partial charge is 0.419 e. The molecule has 6 rings (SSSR count). The fourth-order valence-corrected chi connectivity index (χ4v) is 5.36. The highest BCUT2D eigenvalue weighted by atomic mass is 16.4. The minimum absolute atomic E-state index is 0.0620. The van der Waals surface area contributed by atoms with Gasteiger partial charge in [-0.1, -0.05) is 42.5 Å². The van der Waals surface area contributed by atoms with Crippen molar-refractivity contribution in [3.05, 3.63) is 107 Å². The van der Waals surface area contributed by atoms with Gasteiger partial charge in [0, 0.05) is 63.3 Å². The van der Waals surface area contributed by atoms with Gasteiger partial charge in [0.25, 0.3) is 0 Å². The topological polar surface area (TPSA) is 91.1 Å². The predicted molar refractivity (Wildman–Crippen MR) is 143 cm³/mol. The summed E-state index contributed by atoms with van der Waals surface area (Å²) in [6, 6.07) is 17.7. The molecule has 0 spiro atoms. The van der Waals surface area contributed by atoms with Crippen LogP contribution in [0.1, 0.15) is 42.4 Å². The Labute approximate surface area is 220 Å². The molecule has 2 aromatic carbocycles. The molecule has 1 fully saturated rings. The van der Waals surface area contributed by atoms with Crippen molar-refractivity contribution >= 4 is 17.0 Å². The zero-order chi connectivity index (χ0) is 25.9. The molecule has 38 heavy (non-hydrogen) atoms. The second kappa shape index (κ2) is 10.5.